The Kier molecular flexibility index (Phi) is 13.5. The summed E-state index contributed by atoms with van der Waals surface area (Å²) in [5.74, 6) is -0.0212. The Labute approximate surface area is 157 Å². The zero-order valence-corrected chi connectivity index (χ0v) is 15.8. The Balaban J connectivity index is 0. The fourth-order valence-corrected chi connectivity index (χ4v) is 2.50. The summed E-state index contributed by atoms with van der Waals surface area (Å²) >= 11 is 0. The highest BCUT2D eigenvalue weighted by Crippen LogP contribution is 2.26. The van der Waals surface area contributed by atoms with Gasteiger partial charge in [0.15, 0.2) is 0 Å². The van der Waals surface area contributed by atoms with Crippen molar-refractivity contribution >= 4 is 54.5 Å². The molecule has 3 N–H and O–H groups in total. The number of nitrogens with two attached hydrogens (primary N) is 1. The van der Waals surface area contributed by atoms with E-state index in [4.69, 9.17) is 5.73 Å². The highest BCUT2D eigenvalue weighted by Gasteiger charge is 2.18. The third-order valence-electron chi connectivity index (χ3n) is 3.71. The second kappa shape index (κ2) is 12.7. The molecule has 1 heterocycles. The number of nitrogens with zero attached hydrogens (tertiary/aromatic N) is 2. The molecule has 1 aliphatic heterocycles. The van der Waals surface area contributed by atoms with Crippen LogP contribution < -0.4 is 16.0 Å². The number of benzene rings is 1. The number of anilines is 2. The number of para-hydroxylation sites is 2. The lowest BCUT2D eigenvalue weighted by Gasteiger charge is -2.36. The lowest BCUT2D eigenvalue weighted by Crippen LogP contribution is -2.46. The topological polar surface area (TPSA) is 61.6 Å². The maximum absolute atomic E-state index is 11.7. The van der Waals surface area contributed by atoms with Crippen molar-refractivity contribution in [2.75, 3.05) is 49.5 Å². The van der Waals surface area contributed by atoms with Crippen molar-refractivity contribution < 1.29 is 4.79 Å². The van der Waals surface area contributed by atoms with Crippen LogP contribution in [-0.2, 0) is 4.79 Å². The summed E-state index contributed by atoms with van der Waals surface area (Å²) in [7, 11) is 0. The van der Waals surface area contributed by atoms with Gasteiger partial charge in [-0.3, -0.25) is 4.79 Å². The van der Waals surface area contributed by atoms with Crippen LogP contribution in [0.1, 0.15) is 13.3 Å². The molecule has 1 aromatic rings. The van der Waals surface area contributed by atoms with Gasteiger partial charge in [0.1, 0.15) is 0 Å². The molecule has 0 radical (unpaired) electrons. The molecule has 0 atom stereocenters. The molecule has 0 spiro atoms. The number of hydrogen-bond donors (Lipinski definition) is 2. The second-order valence-electron chi connectivity index (χ2n) is 5.03. The number of rotatable bonds is 5. The lowest BCUT2D eigenvalue weighted by molar-refractivity contribution is -0.116. The van der Waals surface area contributed by atoms with E-state index in [1.807, 2.05) is 18.2 Å². The Morgan fingerprint density at radius 3 is 2.30 bits per heavy atom. The lowest BCUT2D eigenvalue weighted by atomic mass is 10.2. The van der Waals surface area contributed by atoms with Crippen molar-refractivity contribution in [2.24, 2.45) is 5.73 Å². The Hall–Kier alpha value is -0.720. The molecule has 134 valence electrons. The zero-order chi connectivity index (χ0) is 14.4. The third kappa shape index (κ3) is 7.14. The monoisotopic (exact) mass is 384 g/mol. The van der Waals surface area contributed by atoms with Crippen LogP contribution in [0.15, 0.2) is 24.3 Å². The van der Waals surface area contributed by atoms with Gasteiger partial charge in [0.25, 0.3) is 0 Å². The number of piperazine rings is 1. The average Bonchev–Trinajstić information content (AvgIpc) is 2.48. The number of hydrogen-bond acceptors (Lipinski definition) is 4. The molecule has 23 heavy (non-hydrogen) atoms. The first-order chi connectivity index (χ1) is 9.74. The van der Waals surface area contributed by atoms with Gasteiger partial charge < -0.3 is 20.9 Å². The number of amides is 1. The van der Waals surface area contributed by atoms with Crippen LogP contribution in [0.25, 0.3) is 0 Å². The summed E-state index contributed by atoms with van der Waals surface area (Å²) in [5, 5.41) is 2.96. The van der Waals surface area contributed by atoms with E-state index in [2.05, 4.69) is 28.1 Å². The molecule has 0 aromatic heterocycles. The summed E-state index contributed by atoms with van der Waals surface area (Å²) in [6.07, 6.45) is 0.359. The third-order valence-corrected chi connectivity index (χ3v) is 3.71. The molecule has 1 fully saturated rings. The minimum absolute atomic E-state index is 0. The van der Waals surface area contributed by atoms with E-state index in [1.54, 1.807) is 0 Å². The number of halogens is 3. The van der Waals surface area contributed by atoms with Crippen LogP contribution in [0, 0.1) is 0 Å². The first-order valence-electron chi connectivity index (χ1n) is 7.31. The van der Waals surface area contributed by atoms with Crippen molar-refractivity contribution in [3.63, 3.8) is 0 Å². The first kappa shape index (κ1) is 24.5. The van der Waals surface area contributed by atoms with Crippen LogP contribution in [0.3, 0.4) is 0 Å². The van der Waals surface area contributed by atoms with E-state index in [-0.39, 0.29) is 43.1 Å². The summed E-state index contributed by atoms with van der Waals surface area (Å²) in [4.78, 5) is 16.5. The number of nitrogens with one attached hydrogen (secondary N) is 1. The number of carbonyl (C=O) groups excluding carboxylic acids is 1. The van der Waals surface area contributed by atoms with Crippen molar-refractivity contribution in [2.45, 2.75) is 13.3 Å². The second-order valence-corrected chi connectivity index (χ2v) is 5.03. The Bertz CT molecular complexity index is 454. The van der Waals surface area contributed by atoms with Crippen LogP contribution >= 0.6 is 37.2 Å². The van der Waals surface area contributed by atoms with E-state index < -0.39 is 0 Å². The molecule has 1 aromatic carbocycles. The van der Waals surface area contributed by atoms with Gasteiger partial charge in [0.2, 0.25) is 5.91 Å². The van der Waals surface area contributed by atoms with Crippen molar-refractivity contribution in [3.05, 3.63) is 24.3 Å². The smallest absolute Gasteiger partial charge is 0.225 e. The SMILES string of the molecule is CCN1CCN(c2ccccc2NC(=O)CCN)CC1.Cl.Cl.Cl. The zero-order valence-electron chi connectivity index (χ0n) is 13.4. The molecular weight excluding hydrogens is 359 g/mol. The van der Waals surface area contributed by atoms with Crippen molar-refractivity contribution in [1.29, 1.82) is 0 Å². The van der Waals surface area contributed by atoms with Gasteiger partial charge in [-0.25, -0.2) is 0 Å². The summed E-state index contributed by atoms with van der Waals surface area (Å²) < 4.78 is 0. The largest absolute Gasteiger partial charge is 0.367 e. The molecule has 0 aliphatic carbocycles. The van der Waals surface area contributed by atoms with Gasteiger partial charge in [0.05, 0.1) is 11.4 Å². The Morgan fingerprint density at radius 1 is 1.13 bits per heavy atom. The highest BCUT2D eigenvalue weighted by molar-refractivity contribution is 5.94. The van der Waals surface area contributed by atoms with Gasteiger partial charge >= 0.3 is 0 Å². The molecular formula is C15H27Cl3N4O. The van der Waals surface area contributed by atoms with Crippen molar-refractivity contribution in [3.8, 4) is 0 Å². The van der Waals surface area contributed by atoms with Gasteiger partial charge in [-0.15, -0.1) is 37.2 Å². The van der Waals surface area contributed by atoms with E-state index in [0.29, 0.717) is 13.0 Å². The fourth-order valence-electron chi connectivity index (χ4n) is 2.50. The van der Waals surface area contributed by atoms with Crippen LogP contribution in [-0.4, -0.2) is 50.1 Å². The van der Waals surface area contributed by atoms with Gasteiger partial charge in [0, 0.05) is 39.1 Å². The maximum Gasteiger partial charge on any atom is 0.225 e. The van der Waals surface area contributed by atoms with Crippen LogP contribution in [0.4, 0.5) is 11.4 Å². The van der Waals surface area contributed by atoms with Crippen molar-refractivity contribution in [1.82, 2.24) is 4.90 Å². The molecule has 2 rings (SSSR count). The van der Waals surface area contributed by atoms with E-state index in [0.717, 1.165) is 44.1 Å². The highest BCUT2D eigenvalue weighted by atomic mass is 35.5. The molecule has 1 amide bonds. The predicted octanol–water partition coefficient (Wildman–Crippen LogP) is 2.38. The predicted molar refractivity (Wildman–Crippen MR) is 105 cm³/mol. The summed E-state index contributed by atoms with van der Waals surface area (Å²) in [5.41, 5.74) is 7.41. The molecule has 0 saturated carbocycles. The maximum atomic E-state index is 11.7. The van der Waals surface area contributed by atoms with Gasteiger partial charge in [-0.05, 0) is 18.7 Å². The van der Waals surface area contributed by atoms with E-state index >= 15 is 0 Å². The summed E-state index contributed by atoms with van der Waals surface area (Å²) in [6.45, 7) is 7.81. The first-order valence-corrected chi connectivity index (χ1v) is 7.31. The minimum atomic E-state index is -0.0212. The normalized spacial score (nSPS) is 14.1. The van der Waals surface area contributed by atoms with Crippen LogP contribution in [0.5, 0.6) is 0 Å². The molecule has 1 saturated heterocycles. The van der Waals surface area contributed by atoms with E-state index in [1.165, 1.54) is 0 Å². The quantitative estimate of drug-likeness (QED) is 0.817. The minimum Gasteiger partial charge on any atom is -0.367 e. The summed E-state index contributed by atoms with van der Waals surface area (Å²) in [6, 6.07) is 7.99. The molecule has 1 aliphatic rings. The molecule has 8 heteroatoms. The average molecular weight is 386 g/mol. The molecule has 0 bridgehead atoms. The fraction of sp³-hybridized carbons (Fsp3) is 0.533. The standard InChI is InChI=1S/C15H24N4O.3ClH/c1-2-18-9-11-19(12-10-18)14-6-4-3-5-13(14)17-15(20)7-8-16;;;/h3-6H,2,7-12,16H2,1H3,(H,17,20);3*1H. The molecule has 5 nitrogen and oxygen atoms in total. The van der Waals surface area contributed by atoms with E-state index in [9.17, 15) is 4.79 Å². The molecule has 0 unspecified atom stereocenters. The Morgan fingerprint density at radius 2 is 1.74 bits per heavy atom. The number of likely N-dealkylation sites (N-methyl/N-ethyl adjacent to an activating group) is 1. The van der Waals surface area contributed by atoms with Gasteiger partial charge in [-0.1, -0.05) is 19.1 Å². The van der Waals surface area contributed by atoms with Gasteiger partial charge in [-0.2, -0.15) is 0 Å². The van der Waals surface area contributed by atoms with Crippen LogP contribution in [0.2, 0.25) is 0 Å². The number of carbonyl (C=O) groups is 1.